The van der Waals surface area contributed by atoms with Crippen LogP contribution in [0.1, 0.15) is 12.0 Å². The third-order valence-electron chi connectivity index (χ3n) is 3.88. The lowest BCUT2D eigenvalue weighted by Crippen LogP contribution is -2.24. The van der Waals surface area contributed by atoms with Crippen LogP contribution in [0.4, 0.5) is 5.69 Å². The molecule has 0 aliphatic carbocycles. The van der Waals surface area contributed by atoms with Gasteiger partial charge in [-0.1, -0.05) is 12.1 Å². The Labute approximate surface area is 150 Å². The highest BCUT2D eigenvalue weighted by molar-refractivity contribution is 9.10. The van der Waals surface area contributed by atoms with Crippen LogP contribution in [0.3, 0.4) is 0 Å². The molecule has 1 amide bonds. The Balaban J connectivity index is 0.00000192. The van der Waals surface area contributed by atoms with E-state index in [0.29, 0.717) is 0 Å². The quantitative estimate of drug-likeness (QED) is 0.813. The zero-order chi connectivity index (χ0) is 15.4. The molecule has 5 nitrogen and oxygen atoms in total. The van der Waals surface area contributed by atoms with Crippen LogP contribution in [0.15, 0.2) is 41.1 Å². The maximum Gasteiger partial charge on any atom is 0.228 e. The third kappa shape index (κ3) is 5.06. The van der Waals surface area contributed by atoms with Gasteiger partial charge in [-0.05, 0) is 53.0 Å². The van der Waals surface area contributed by atoms with Crippen molar-refractivity contribution in [2.45, 2.75) is 19.4 Å². The van der Waals surface area contributed by atoms with Gasteiger partial charge in [-0.2, -0.15) is 5.10 Å². The number of anilines is 1. The molecule has 2 N–H and O–H groups in total. The van der Waals surface area contributed by atoms with Crippen LogP contribution >= 0.6 is 28.3 Å². The number of nitrogens with one attached hydrogen (secondary N) is 2. The average molecular weight is 400 g/mol. The predicted molar refractivity (Wildman–Crippen MR) is 96.9 cm³/mol. The first-order valence-electron chi connectivity index (χ1n) is 7.49. The minimum atomic E-state index is 0. The summed E-state index contributed by atoms with van der Waals surface area (Å²) in [6.45, 7) is 2.55. The summed E-state index contributed by atoms with van der Waals surface area (Å²) in [5.74, 6) is 0.206. The second kappa shape index (κ2) is 8.47. The monoisotopic (exact) mass is 398 g/mol. The number of carbonyl (C=O) groups excluding carboxylic acids is 1. The summed E-state index contributed by atoms with van der Waals surface area (Å²) >= 11 is 3.39. The smallest absolute Gasteiger partial charge is 0.228 e. The van der Waals surface area contributed by atoms with Gasteiger partial charge < -0.3 is 10.6 Å². The van der Waals surface area contributed by atoms with Gasteiger partial charge >= 0.3 is 0 Å². The van der Waals surface area contributed by atoms with Crippen molar-refractivity contribution in [2.24, 2.45) is 5.92 Å². The van der Waals surface area contributed by atoms with Crippen molar-refractivity contribution in [3.63, 3.8) is 0 Å². The lowest BCUT2D eigenvalue weighted by atomic mass is 10.1. The van der Waals surface area contributed by atoms with Crippen molar-refractivity contribution >= 4 is 39.9 Å². The highest BCUT2D eigenvalue weighted by Crippen LogP contribution is 2.15. The standard InChI is InChI=1S/C16H19BrN4O.ClH/c17-14-10-19-21(11-14)8-6-12-1-3-15(4-2-12)20-16(22)13-5-7-18-9-13;/h1-4,10-11,13,18H,5-9H2,(H,20,22);1H. The number of benzene rings is 1. The fourth-order valence-electron chi connectivity index (χ4n) is 2.58. The molecular weight excluding hydrogens is 380 g/mol. The van der Waals surface area contributed by atoms with Gasteiger partial charge in [0.1, 0.15) is 0 Å². The van der Waals surface area contributed by atoms with Crippen molar-refractivity contribution in [1.82, 2.24) is 15.1 Å². The molecule has 1 aliphatic rings. The summed E-state index contributed by atoms with van der Waals surface area (Å²) in [4.78, 5) is 12.0. The van der Waals surface area contributed by atoms with E-state index in [4.69, 9.17) is 0 Å². The van der Waals surface area contributed by atoms with E-state index in [1.165, 1.54) is 5.56 Å². The van der Waals surface area contributed by atoms with Gasteiger partial charge in [0.2, 0.25) is 5.91 Å². The van der Waals surface area contributed by atoms with E-state index in [0.717, 1.165) is 42.6 Å². The number of carbonyl (C=O) groups is 1. The summed E-state index contributed by atoms with van der Waals surface area (Å²) in [6, 6.07) is 8.05. The zero-order valence-corrected chi connectivity index (χ0v) is 15.1. The van der Waals surface area contributed by atoms with E-state index in [1.807, 2.05) is 23.0 Å². The van der Waals surface area contributed by atoms with Gasteiger partial charge in [0, 0.05) is 25.0 Å². The molecule has 23 heavy (non-hydrogen) atoms. The molecule has 1 atom stereocenters. The molecule has 124 valence electrons. The molecule has 0 radical (unpaired) electrons. The van der Waals surface area contributed by atoms with Gasteiger partial charge in [-0.15, -0.1) is 12.4 Å². The first-order valence-corrected chi connectivity index (χ1v) is 8.28. The van der Waals surface area contributed by atoms with Crippen molar-refractivity contribution in [3.05, 3.63) is 46.7 Å². The lowest BCUT2D eigenvalue weighted by Gasteiger charge is -2.10. The van der Waals surface area contributed by atoms with Crippen LogP contribution in [0.25, 0.3) is 0 Å². The highest BCUT2D eigenvalue weighted by atomic mass is 79.9. The van der Waals surface area contributed by atoms with Gasteiger partial charge in [0.15, 0.2) is 0 Å². The van der Waals surface area contributed by atoms with Crippen molar-refractivity contribution < 1.29 is 4.79 Å². The molecule has 7 heteroatoms. The van der Waals surface area contributed by atoms with E-state index in [-0.39, 0.29) is 24.2 Å². The van der Waals surface area contributed by atoms with Gasteiger partial charge in [0.25, 0.3) is 0 Å². The Hall–Kier alpha value is -1.37. The Morgan fingerprint density at radius 2 is 2.17 bits per heavy atom. The number of nitrogens with zero attached hydrogens (tertiary/aromatic N) is 2. The average Bonchev–Trinajstić information content (AvgIpc) is 3.18. The molecule has 0 bridgehead atoms. The molecule has 1 saturated heterocycles. The molecule has 3 rings (SSSR count). The SMILES string of the molecule is Cl.O=C(Nc1ccc(CCn2cc(Br)cn2)cc1)C1CCNC1. The molecule has 1 unspecified atom stereocenters. The molecule has 1 fully saturated rings. The highest BCUT2D eigenvalue weighted by Gasteiger charge is 2.22. The normalized spacial score (nSPS) is 16.8. The second-order valence-electron chi connectivity index (χ2n) is 5.55. The maximum atomic E-state index is 12.0. The van der Waals surface area contributed by atoms with Gasteiger partial charge in [-0.25, -0.2) is 0 Å². The van der Waals surface area contributed by atoms with Crippen LogP contribution in [-0.4, -0.2) is 28.8 Å². The Kier molecular flexibility index (Phi) is 6.62. The Bertz CT molecular complexity index is 638. The van der Waals surface area contributed by atoms with Crippen LogP contribution in [-0.2, 0) is 17.8 Å². The van der Waals surface area contributed by atoms with Crippen molar-refractivity contribution in [3.8, 4) is 0 Å². The van der Waals surface area contributed by atoms with E-state index < -0.39 is 0 Å². The number of amides is 1. The molecule has 1 aromatic carbocycles. The topological polar surface area (TPSA) is 59.0 Å². The fourth-order valence-corrected chi connectivity index (χ4v) is 2.91. The van der Waals surface area contributed by atoms with Gasteiger partial charge in [0.05, 0.1) is 16.6 Å². The van der Waals surface area contributed by atoms with Crippen LogP contribution in [0, 0.1) is 5.92 Å². The van der Waals surface area contributed by atoms with Crippen LogP contribution < -0.4 is 10.6 Å². The molecule has 0 spiro atoms. The van der Waals surface area contributed by atoms with Crippen molar-refractivity contribution in [2.75, 3.05) is 18.4 Å². The van der Waals surface area contributed by atoms with E-state index in [9.17, 15) is 4.79 Å². The first-order chi connectivity index (χ1) is 10.7. The largest absolute Gasteiger partial charge is 0.326 e. The number of aryl methyl sites for hydroxylation is 2. The molecule has 1 aliphatic heterocycles. The zero-order valence-electron chi connectivity index (χ0n) is 12.7. The van der Waals surface area contributed by atoms with Crippen LogP contribution in [0.2, 0.25) is 0 Å². The minimum absolute atomic E-state index is 0. The first kappa shape index (κ1) is 18.0. The lowest BCUT2D eigenvalue weighted by molar-refractivity contribution is -0.119. The van der Waals surface area contributed by atoms with Gasteiger partial charge in [-0.3, -0.25) is 9.48 Å². The summed E-state index contributed by atoms with van der Waals surface area (Å²) < 4.78 is 2.90. The number of halogens is 2. The van der Waals surface area contributed by atoms with E-state index in [1.54, 1.807) is 6.20 Å². The Morgan fingerprint density at radius 3 is 2.78 bits per heavy atom. The summed E-state index contributed by atoms with van der Waals surface area (Å²) in [5.41, 5.74) is 2.09. The molecular formula is C16H20BrClN4O. The summed E-state index contributed by atoms with van der Waals surface area (Å²) in [7, 11) is 0. The summed E-state index contributed by atoms with van der Waals surface area (Å²) in [6.07, 6.45) is 5.58. The number of aromatic nitrogens is 2. The number of hydrogen-bond donors (Lipinski definition) is 2. The third-order valence-corrected chi connectivity index (χ3v) is 4.29. The fraction of sp³-hybridized carbons (Fsp3) is 0.375. The van der Waals surface area contributed by atoms with E-state index >= 15 is 0 Å². The predicted octanol–water partition coefficient (Wildman–Crippen LogP) is 2.86. The van der Waals surface area contributed by atoms with Crippen LogP contribution in [0.5, 0.6) is 0 Å². The number of hydrogen-bond acceptors (Lipinski definition) is 3. The van der Waals surface area contributed by atoms with E-state index in [2.05, 4.69) is 43.8 Å². The Morgan fingerprint density at radius 1 is 1.39 bits per heavy atom. The molecule has 0 saturated carbocycles. The second-order valence-corrected chi connectivity index (χ2v) is 6.46. The maximum absolute atomic E-state index is 12.0. The molecule has 2 heterocycles. The number of rotatable bonds is 5. The molecule has 2 aromatic rings. The minimum Gasteiger partial charge on any atom is -0.326 e. The van der Waals surface area contributed by atoms with Crippen molar-refractivity contribution in [1.29, 1.82) is 0 Å². The summed E-state index contributed by atoms with van der Waals surface area (Å²) in [5, 5.41) is 10.4. The molecule has 1 aromatic heterocycles.